The smallest absolute Gasteiger partial charge is 0.272 e. The van der Waals surface area contributed by atoms with Crippen molar-refractivity contribution >= 4 is 11.8 Å². The van der Waals surface area contributed by atoms with Crippen molar-refractivity contribution in [1.29, 1.82) is 0 Å². The Bertz CT molecular complexity index is 494. The van der Waals surface area contributed by atoms with Crippen LogP contribution in [0.2, 0.25) is 0 Å². The lowest BCUT2D eigenvalue weighted by molar-refractivity contribution is 0.0787. The maximum atomic E-state index is 12.2. The first-order valence-corrected chi connectivity index (χ1v) is 7.12. The van der Waals surface area contributed by atoms with Gasteiger partial charge in [0.1, 0.15) is 11.4 Å². The van der Waals surface area contributed by atoms with Crippen molar-refractivity contribution in [3.8, 4) is 0 Å². The van der Waals surface area contributed by atoms with Gasteiger partial charge in [0.15, 0.2) is 0 Å². The van der Waals surface area contributed by atoms with Crippen LogP contribution in [0.3, 0.4) is 0 Å². The molecule has 1 aliphatic heterocycles. The summed E-state index contributed by atoms with van der Waals surface area (Å²) in [4.78, 5) is 30.1. The Kier molecular flexibility index (Phi) is 4.71. The van der Waals surface area contributed by atoms with Crippen molar-refractivity contribution in [2.45, 2.75) is 26.7 Å². The number of pyridine rings is 1. The molecule has 1 fully saturated rings. The van der Waals surface area contributed by atoms with Gasteiger partial charge in [-0.15, -0.1) is 0 Å². The summed E-state index contributed by atoms with van der Waals surface area (Å²) < 4.78 is 0. The Morgan fingerprint density at radius 2 is 1.90 bits per heavy atom. The molecule has 0 saturated carbocycles. The fourth-order valence-corrected chi connectivity index (χ4v) is 2.15. The zero-order valence-corrected chi connectivity index (χ0v) is 12.1. The highest BCUT2D eigenvalue weighted by Crippen LogP contribution is 2.12. The molecule has 0 aliphatic carbocycles. The molecular formula is C15H21N3O2. The van der Waals surface area contributed by atoms with Gasteiger partial charge < -0.3 is 10.2 Å². The zero-order valence-electron chi connectivity index (χ0n) is 12.1. The molecule has 108 valence electrons. The van der Waals surface area contributed by atoms with Crippen LogP contribution >= 0.6 is 0 Å². The first kappa shape index (κ1) is 14.5. The van der Waals surface area contributed by atoms with Crippen molar-refractivity contribution < 1.29 is 9.59 Å². The molecule has 0 aromatic carbocycles. The lowest BCUT2D eigenvalue weighted by atomic mass is 10.2. The van der Waals surface area contributed by atoms with Crippen LogP contribution in [0.25, 0.3) is 0 Å². The van der Waals surface area contributed by atoms with E-state index >= 15 is 0 Å². The molecule has 0 radical (unpaired) electrons. The SMILES string of the molecule is CC(C)CNC(=O)c1cccc(C(=O)N2CCCC2)n1. The van der Waals surface area contributed by atoms with E-state index in [1.165, 1.54) is 0 Å². The summed E-state index contributed by atoms with van der Waals surface area (Å²) >= 11 is 0. The fraction of sp³-hybridized carbons (Fsp3) is 0.533. The Balaban J connectivity index is 2.07. The molecule has 2 heterocycles. The van der Waals surface area contributed by atoms with Gasteiger partial charge >= 0.3 is 0 Å². The molecule has 0 spiro atoms. The third-order valence-electron chi connectivity index (χ3n) is 3.26. The van der Waals surface area contributed by atoms with Gasteiger partial charge in [0.25, 0.3) is 11.8 Å². The summed E-state index contributed by atoms with van der Waals surface area (Å²) in [5, 5.41) is 2.81. The van der Waals surface area contributed by atoms with Gasteiger partial charge in [-0.25, -0.2) is 4.98 Å². The minimum absolute atomic E-state index is 0.0824. The number of hydrogen-bond acceptors (Lipinski definition) is 3. The van der Waals surface area contributed by atoms with Crippen LogP contribution in [0.5, 0.6) is 0 Å². The molecule has 1 aromatic heterocycles. The van der Waals surface area contributed by atoms with Crippen LogP contribution in [-0.2, 0) is 0 Å². The van der Waals surface area contributed by atoms with E-state index in [4.69, 9.17) is 0 Å². The minimum atomic E-state index is -0.227. The predicted molar refractivity (Wildman–Crippen MR) is 76.5 cm³/mol. The Labute approximate surface area is 119 Å². The molecule has 5 heteroatoms. The second kappa shape index (κ2) is 6.50. The van der Waals surface area contributed by atoms with E-state index in [-0.39, 0.29) is 11.8 Å². The van der Waals surface area contributed by atoms with Crippen molar-refractivity contribution in [2.75, 3.05) is 19.6 Å². The Morgan fingerprint density at radius 3 is 2.55 bits per heavy atom. The Morgan fingerprint density at radius 1 is 1.25 bits per heavy atom. The van der Waals surface area contributed by atoms with E-state index < -0.39 is 0 Å². The standard InChI is InChI=1S/C15H21N3O2/c1-11(2)10-16-14(19)12-6-5-7-13(17-12)15(20)18-8-3-4-9-18/h5-7,11H,3-4,8-10H2,1-2H3,(H,16,19). The highest BCUT2D eigenvalue weighted by molar-refractivity contribution is 5.96. The van der Waals surface area contributed by atoms with Gasteiger partial charge in [0.2, 0.25) is 0 Å². The first-order chi connectivity index (χ1) is 9.58. The average Bonchev–Trinajstić information content (AvgIpc) is 2.98. The molecule has 0 bridgehead atoms. The van der Waals surface area contributed by atoms with Gasteiger partial charge in [0, 0.05) is 19.6 Å². The van der Waals surface area contributed by atoms with E-state index in [0.717, 1.165) is 25.9 Å². The molecule has 5 nitrogen and oxygen atoms in total. The third-order valence-corrected chi connectivity index (χ3v) is 3.26. The van der Waals surface area contributed by atoms with Crippen molar-refractivity contribution in [3.63, 3.8) is 0 Å². The number of hydrogen-bond donors (Lipinski definition) is 1. The van der Waals surface area contributed by atoms with Crippen LogP contribution in [0, 0.1) is 5.92 Å². The van der Waals surface area contributed by atoms with Crippen molar-refractivity contribution in [3.05, 3.63) is 29.6 Å². The lowest BCUT2D eigenvalue weighted by Gasteiger charge is -2.15. The van der Waals surface area contributed by atoms with Crippen LogP contribution < -0.4 is 5.32 Å². The third kappa shape index (κ3) is 3.56. The van der Waals surface area contributed by atoms with Crippen LogP contribution in [0.4, 0.5) is 0 Å². The molecule has 20 heavy (non-hydrogen) atoms. The average molecular weight is 275 g/mol. The fourth-order valence-electron chi connectivity index (χ4n) is 2.15. The van der Waals surface area contributed by atoms with Crippen molar-refractivity contribution in [2.24, 2.45) is 5.92 Å². The topological polar surface area (TPSA) is 62.3 Å². The van der Waals surface area contributed by atoms with E-state index in [1.807, 2.05) is 13.8 Å². The lowest BCUT2D eigenvalue weighted by Crippen LogP contribution is -2.31. The maximum absolute atomic E-state index is 12.2. The zero-order chi connectivity index (χ0) is 14.5. The van der Waals surface area contributed by atoms with Gasteiger partial charge in [-0.3, -0.25) is 9.59 Å². The minimum Gasteiger partial charge on any atom is -0.350 e. The molecule has 1 N–H and O–H groups in total. The van der Waals surface area contributed by atoms with Crippen LogP contribution in [0.15, 0.2) is 18.2 Å². The number of nitrogens with one attached hydrogen (secondary N) is 1. The highest BCUT2D eigenvalue weighted by Gasteiger charge is 2.21. The van der Waals surface area contributed by atoms with E-state index in [1.54, 1.807) is 23.1 Å². The monoisotopic (exact) mass is 275 g/mol. The van der Waals surface area contributed by atoms with Crippen LogP contribution in [0.1, 0.15) is 47.7 Å². The summed E-state index contributed by atoms with van der Waals surface area (Å²) in [6.07, 6.45) is 2.08. The molecule has 1 saturated heterocycles. The maximum Gasteiger partial charge on any atom is 0.272 e. The number of carbonyl (C=O) groups is 2. The van der Waals surface area contributed by atoms with Gasteiger partial charge in [-0.2, -0.15) is 0 Å². The van der Waals surface area contributed by atoms with E-state index in [0.29, 0.717) is 23.9 Å². The summed E-state index contributed by atoms with van der Waals surface area (Å²) in [6, 6.07) is 5.01. The summed E-state index contributed by atoms with van der Waals surface area (Å²) in [6.45, 7) is 6.22. The number of nitrogens with zero attached hydrogens (tertiary/aromatic N) is 2. The first-order valence-electron chi connectivity index (χ1n) is 7.12. The summed E-state index contributed by atoms with van der Waals surface area (Å²) in [7, 11) is 0. The van der Waals surface area contributed by atoms with Crippen LogP contribution in [-0.4, -0.2) is 41.3 Å². The van der Waals surface area contributed by atoms with Gasteiger partial charge in [-0.1, -0.05) is 19.9 Å². The largest absolute Gasteiger partial charge is 0.350 e. The molecule has 0 atom stereocenters. The van der Waals surface area contributed by atoms with E-state index in [9.17, 15) is 9.59 Å². The highest BCUT2D eigenvalue weighted by atomic mass is 16.2. The number of amides is 2. The molecule has 1 aromatic rings. The number of rotatable bonds is 4. The Hall–Kier alpha value is -1.91. The number of aromatic nitrogens is 1. The molecule has 1 aliphatic rings. The molecular weight excluding hydrogens is 254 g/mol. The normalized spacial score (nSPS) is 14.7. The number of carbonyl (C=O) groups excluding carboxylic acids is 2. The molecule has 2 amide bonds. The quantitative estimate of drug-likeness (QED) is 0.909. The molecule has 0 unspecified atom stereocenters. The number of likely N-dealkylation sites (tertiary alicyclic amines) is 1. The second-order valence-corrected chi connectivity index (χ2v) is 5.51. The predicted octanol–water partition coefficient (Wildman–Crippen LogP) is 1.70. The van der Waals surface area contributed by atoms with Gasteiger partial charge in [-0.05, 0) is 30.9 Å². The van der Waals surface area contributed by atoms with E-state index in [2.05, 4.69) is 10.3 Å². The second-order valence-electron chi connectivity index (χ2n) is 5.51. The summed E-state index contributed by atoms with van der Waals surface area (Å²) in [5.41, 5.74) is 0.653. The van der Waals surface area contributed by atoms with Gasteiger partial charge in [0.05, 0.1) is 0 Å². The summed E-state index contributed by atoms with van der Waals surface area (Å²) in [5.74, 6) is 0.0733. The molecule has 2 rings (SSSR count). The van der Waals surface area contributed by atoms with Crippen molar-refractivity contribution in [1.82, 2.24) is 15.2 Å².